The largest absolute Gasteiger partial charge is 0.377 e. The van der Waals surface area contributed by atoms with Crippen molar-refractivity contribution in [2.75, 3.05) is 13.7 Å². The maximum atomic E-state index is 11.7. The van der Waals surface area contributed by atoms with Gasteiger partial charge in [-0.25, -0.2) is 0 Å². The first kappa shape index (κ1) is 12.9. The molecular formula is C11H15ClN2O2. The van der Waals surface area contributed by atoms with Gasteiger partial charge in [0.2, 0.25) is 0 Å². The molecule has 88 valence electrons. The summed E-state index contributed by atoms with van der Waals surface area (Å²) in [6.45, 7) is 4.20. The first-order chi connectivity index (χ1) is 7.46. The number of amides is 1. The van der Waals surface area contributed by atoms with Crippen molar-refractivity contribution in [2.45, 2.75) is 19.4 Å². The van der Waals surface area contributed by atoms with E-state index in [4.69, 9.17) is 16.3 Å². The van der Waals surface area contributed by atoms with Crippen LogP contribution in [0.2, 0.25) is 5.02 Å². The van der Waals surface area contributed by atoms with Crippen molar-refractivity contribution in [1.29, 1.82) is 0 Å². The number of nitrogens with one attached hydrogen (secondary N) is 1. The van der Waals surface area contributed by atoms with Crippen molar-refractivity contribution in [3.8, 4) is 0 Å². The Kier molecular flexibility index (Phi) is 4.26. The van der Waals surface area contributed by atoms with Crippen molar-refractivity contribution in [3.05, 3.63) is 29.0 Å². The molecule has 0 fully saturated rings. The van der Waals surface area contributed by atoms with E-state index in [0.717, 1.165) is 0 Å². The van der Waals surface area contributed by atoms with E-state index in [1.807, 2.05) is 13.8 Å². The highest BCUT2D eigenvalue weighted by atomic mass is 35.5. The Morgan fingerprint density at radius 2 is 2.31 bits per heavy atom. The Morgan fingerprint density at radius 3 is 2.88 bits per heavy atom. The number of ether oxygens (including phenoxy) is 1. The molecule has 0 radical (unpaired) electrons. The van der Waals surface area contributed by atoms with E-state index in [1.54, 1.807) is 13.2 Å². The van der Waals surface area contributed by atoms with Crippen LogP contribution in [0, 0.1) is 0 Å². The first-order valence-electron chi connectivity index (χ1n) is 4.89. The molecule has 0 saturated carbocycles. The summed E-state index contributed by atoms with van der Waals surface area (Å²) in [7, 11) is 1.60. The summed E-state index contributed by atoms with van der Waals surface area (Å²) in [6.07, 6.45) is 2.97. The lowest BCUT2D eigenvalue weighted by Gasteiger charge is -2.23. The fourth-order valence-corrected chi connectivity index (χ4v) is 1.23. The van der Waals surface area contributed by atoms with Gasteiger partial charge in [0, 0.05) is 26.0 Å². The number of nitrogens with zero attached hydrogens (tertiary/aromatic N) is 1. The third kappa shape index (κ3) is 3.47. The minimum Gasteiger partial charge on any atom is -0.377 e. The number of rotatable bonds is 4. The molecule has 0 unspecified atom stereocenters. The number of carbonyl (C=O) groups is 1. The Morgan fingerprint density at radius 1 is 1.62 bits per heavy atom. The molecule has 0 spiro atoms. The van der Waals surface area contributed by atoms with Crippen molar-refractivity contribution >= 4 is 17.5 Å². The highest BCUT2D eigenvalue weighted by Crippen LogP contribution is 2.13. The number of hydrogen-bond acceptors (Lipinski definition) is 3. The number of methoxy groups -OCH3 is 1. The van der Waals surface area contributed by atoms with Gasteiger partial charge in [-0.2, -0.15) is 0 Å². The molecule has 16 heavy (non-hydrogen) atoms. The SMILES string of the molecule is COC(C)(C)CNC(=O)c1ccncc1Cl. The van der Waals surface area contributed by atoms with Gasteiger partial charge in [-0.3, -0.25) is 9.78 Å². The van der Waals surface area contributed by atoms with Gasteiger partial charge in [-0.1, -0.05) is 11.6 Å². The van der Waals surface area contributed by atoms with Gasteiger partial charge in [-0.05, 0) is 19.9 Å². The minimum absolute atomic E-state index is 0.225. The summed E-state index contributed by atoms with van der Waals surface area (Å²) < 4.78 is 5.19. The maximum absolute atomic E-state index is 11.7. The fraction of sp³-hybridized carbons (Fsp3) is 0.455. The van der Waals surface area contributed by atoms with Crippen LogP contribution in [0.4, 0.5) is 0 Å². The Balaban J connectivity index is 2.64. The smallest absolute Gasteiger partial charge is 0.253 e. The molecule has 0 bridgehead atoms. The molecule has 0 aliphatic carbocycles. The molecule has 0 aromatic carbocycles. The van der Waals surface area contributed by atoms with Crippen LogP contribution in [0.25, 0.3) is 0 Å². The van der Waals surface area contributed by atoms with Gasteiger partial charge < -0.3 is 10.1 Å². The predicted molar refractivity (Wildman–Crippen MR) is 62.7 cm³/mol. The molecule has 1 aromatic heterocycles. The summed E-state index contributed by atoms with van der Waals surface area (Å²) in [6, 6.07) is 1.58. The molecule has 0 aliphatic heterocycles. The molecular weight excluding hydrogens is 228 g/mol. The summed E-state index contributed by atoms with van der Waals surface area (Å²) in [5.74, 6) is -0.225. The summed E-state index contributed by atoms with van der Waals surface area (Å²) in [5.41, 5.74) is 0.0263. The van der Waals surface area contributed by atoms with Gasteiger partial charge in [0.05, 0.1) is 16.2 Å². The molecule has 1 aromatic rings. The molecule has 0 saturated heterocycles. The molecule has 4 nitrogen and oxygen atoms in total. The number of hydrogen-bond donors (Lipinski definition) is 1. The zero-order valence-electron chi connectivity index (χ0n) is 9.58. The number of aromatic nitrogens is 1. The monoisotopic (exact) mass is 242 g/mol. The van der Waals surface area contributed by atoms with E-state index in [-0.39, 0.29) is 5.91 Å². The second-order valence-electron chi connectivity index (χ2n) is 4.00. The molecule has 5 heteroatoms. The van der Waals surface area contributed by atoms with E-state index in [1.165, 1.54) is 12.4 Å². The van der Waals surface area contributed by atoms with Gasteiger partial charge in [-0.15, -0.1) is 0 Å². The molecule has 0 atom stereocenters. The van der Waals surface area contributed by atoms with Gasteiger partial charge in [0.25, 0.3) is 5.91 Å². The van der Waals surface area contributed by atoms with Crippen LogP contribution in [0.15, 0.2) is 18.5 Å². The second-order valence-corrected chi connectivity index (χ2v) is 4.41. The second kappa shape index (κ2) is 5.27. The van der Waals surface area contributed by atoms with Gasteiger partial charge >= 0.3 is 0 Å². The average Bonchev–Trinajstić information content (AvgIpc) is 2.27. The lowest BCUT2D eigenvalue weighted by atomic mass is 10.1. The fourth-order valence-electron chi connectivity index (χ4n) is 1.02. The number of carbonyl (C=O) groups excluding carboxylic acids is 1. The highest BCUT2D eigenvalue weighted by Gasteiger charge is 2.18. The third-order valence-corrected chi connectivity index (χ3v) is 2.55. The van der Waals surface area contributed by atoms with Crippen LogP contribution in [-0.2, 0) is 4.74 Å². The Labute approximate surface area is 100.0 Å². The normalized spacial score (nSPS) is 11.2. The van der Waals surface area contributed by atoms with Crippen LogP contribution < -0.4 is 5.32 Å². The van der Waals surface area contributed by atoms with E-state index in [0.29, 0.717) is 17.1 Å². The van der Waals surface area contributed by atoms with Crippen LogP contribution in [-0.4, -0.2) is 30.1 Å². The molecule has 1 heterocycles. The number of halogens is 1. The third-order valence-electron chi connectivity index (χ3n) is 2.24. The van der Waals surface area contributed by atoms with Crippen molar-refractivity contribution in [1.82, 2.24) is 10.3 Å². The van der Waals surface area contributed by atoms with Crippen LogP contribution >= 0.6 is 11.6 Å². The molecule has 1 amide bonds. The van der Waals surface area contributed by atoms with E-state index in [9.17, 15) is 4.79 Å². The summed E-state index contributed by atoms with van der Waals surface area (Å²) in [4.78, 5) is 15.6. The van der Waals surface area contributed by atoms with Gasteiger partial charge in [0.1, 0.15) is 0 Å². The molecule has 1 rings (SSSR count). The first-order valence-corrected chi connectivity index (χ1v) is 5.27. The highest BCUT2D eigenvalue weighted by molar-refractivity contribution is 6.33. The Hall–Kier alpha value is -1.13. The van der Waals surface area contributed by atoms with Crippen molar-refractivity contribution in [3.63, 3.8) is 0 Å². The maximum Gasteiger partial charge on any atom is 0.253 e. The zero-order chi connectivity index (χ0) is 12.2. The van der Waals surface area contributed by atoms with Gasteiger partial charge in [0.15, 0.2) is 0 Å². The lowest BCUT2D eigenvalue weighted by Crippen LogP contribution is -2.39. The van der Waals surface area contributed by atoms with Crippen molar-refractivity contribution < 1.29 is 9.53 Å². The number of pyridine rings is 1. The zero-order valence-corrected chi connectivity index (χ0v) is 10.3. The topological polar surface area (TPSA) is 51.2 Å². The van der Waals surface area contributed by atoms with Crippen LogP contribution in [0.5, 0.6) is 0 Å². The van der Waals surface area contributed by atoms with Crippen molar-refractivity contribution in [2.24, 2.45) is 0 Å². The lowest BCUT2D eigenvalue weighted by molar-refractivity contribution is 0.0229. The summed E-state index contributed by atoms with van der Waals surface area (Å²) in [5, 5.41) is 3.10. The standard InChI is InChI=1S/C11H15ClN2O2/c1-11(2,16-3)7-14-10(15)8-4-5-13-6-9(8)12/h4-6H,7H2,1-3H3,(H,14,15). The van der Waals surface area contributed by atoms with Crippen LogP contribution in [0.1, 0.15) is 24.2 Å². The quantitative estimate of drug-likeness (QED) is 0.877. The summed E-state index contributed by atoms with van der Waals surface area (Å²) >= 11 is 5.85. The predicted octanol–water partition coefficient (Wildman–Crippen LogP) is 1.89. The minimum atomic E-state index is -0.394. The average molecular weight is 243 g/mol. The van der Waals surface area contributed by atoms with Crippen LogP contribution in [0.3, 0.4) is 0 Å². The van der Waals surface area contributed by atoms with E-state index < -0.39 is 5.60 Å². The molecule has 1 N–H and O–H groups in total. The Bertz CT molecular complexity index is 380. The molecule has 0 aliphatic rings. The van der Waals surface area contributed by atoms with E-state index in [2.05, 4.69) is 10.3 Å². The van der Waals surface area contributed by atoms with E-state index >= 15 is 0 Å².